The largest absolute Gasteiger partial charge is 0.497 e. The van der Waals surface area contributed by atoms with Crippen LogP contribution in [0, 0.1) is 5.82 Å². The molecule has 4 nitrogen and oxygen atoms in total. The molecule has 0 aliphatic rings. The molecule has 0 saturated heterocycles. The summed E-state index contributed by atoms with van der Waals surface area (Å²) in [6.45, 7) is 1.23. The Bertz CT molecular complexity index is 674. The number of thiocarbonyl (C=S) groups is 1. The second-order valence-electron chi connectivity index (χ2n) is 5.94. The maximum atomic E-state index is 12.9. The molecule has 0 amide bonds. The van der Waals surface area contributed by atoms with Gasteiger partial charge in [0.1, 0.15) is 11.6 Å². The van der Waals surface area contributed by atoms with Crippen LogP contribution in [0.4, 0.5) is 4.39 Å². The molecule has 0 aromatic heterocycles. The van der Waals surface area contributed by atoms with E-state index in [1.807, 2.05) is 26.2 Å². The van der Waals surface area contributed by atoms with Crippen molar-refractivity contribution in [3.63, 3.8) is 0 Å². The Hall–Kier alpha value is -2.18. The molecule has 2 N–H and O–H groups in total. The predicted octanol–water partition coefficient (Wildman–Crippen LogP) is 3.10. The van der Waals surface area contributed by atoms with E-state index >= 15 is 0 Å². The van der Waals surface area contributed by atoms with Gasteiger partial charge in [0.05, 0.1) is 13.2 Å². The van der Waals surface area contributed by atoms with Gasteiger partial charge in [-0.1, -0.05) is 24.3 Å². The zero-order valence-electron chi connectivity index (χ0n) is 14.8. The molecule has 6 heteroatoms. The zero-order valence-corrected chi connectivity index (χ0v) is 15.6. The van der Waals surface area contributed by atoms with Crippen molar-refractivity contribution in [2.75, 3.05) is 27.7 Å². The van der Waals surface area contributed by atoms with Crippen LogP contribution in [-0.4, -0.2) is 37.8 Å². The maximum Gasteiger partial charge on any atom is 0.166 e. The van der Waals surface area contributed by atoms with Gasteiger partial charge in [-0.2, -0.15) is 0 Å². The number of hydrogen-bond donors (Lipinski definition) is 2. The fraction of sp³-hybridized carbons (Fsp3) is 0.316. The highest BCUT2D eigenvalue weighted by atomic mass is 32.1. The first kappa shape index (κ1) is 19.1. The molecule has 0 bridgehead atoms. The van der Waals surface area contributed by atoms with Crippen LogP contribution >= 0.6 is 12.2 Å². The standard InChI is InChI=1S/C19H24FN3OS/c1-23(2)18(15-6-10-17(24-3)11-7-15)13-22-19(25)21-12-14-4-8-16(20)9-5-14/h4-11,18H,12-13H2,1-3H3,(H2,21,22,25)/t18-/m1/s1. The van der Waals surface area contributed by atoms with Crippen LogP contribution < -0.4 is 15.4 Å². The first-order valence-electron chi connectivity index (χ1n) is 8.06. The fourth-order valence-corrected chi connectivity index (χ4v) is 2.62. The molecule has 1 atom stereocenters. The predicted molar refractivity (Wildman–Crippen MR) is 103 cm³/mol. The Balaban J connectivity index is 1.87. The highest BCUT2D eigenvalue weighted by molar-refractivity contribution is 7.80. The van der Waals surface area contributed by atoms with Crippen LogP contribution in [0.2, 0.25) is 0 Å². The van der Waals surface area contributed by atoms with E-state index in [2.05, 4.69) is 27.7 Å². The molecule has 0 unspecified atom stereocenters. The summed E-state index contributed by atoms with van der Waals surface area (Å²) in [6, 6.07) is 14.6. The molecule has 134 valence electrons. The third-order valence-corrected chi connectivity index (χ3v) is 4.23. The number of rotatable bonds is 7. The average Bonchev–Trinajstić information content (AvgIpc) is 2.61. The summed E-state index contributed by atoms with van der Waals surface area (Å²) in [7, 11) is 5.72. The van der Waals surface area contributed by atoms with Crippen molar-refractivity contribution in [3.05, 3.63) is 65.5 Å². The maximum absolute atomic E-state index is 12.9. The molecule has 0 saturated carbocycles. The van der Waals surface area contributed by atoms with E-state index in [4.69, 9.17) is 17.0 Å². The van der Waals surface area contributed by atoms with E-state index in [0.29, 0.717) is 18.2 Å². The number of hydrogen-bond acceptors (Lipinski definition) is 3. The highest BCUT2D eigenvalue weighted by Crippen LogP contribution is 2.20. The van der Waals surface area contributed by atoms with Crippen LogP contribution in [0.25, 0.3) is 0 Å². The lowest BCUT2D eigenvalue weighted by atomic mass is 10.1. The third-order valence-electron chi connectivity index (χ3n) is 3.95. The van der Waals surface area contributed by atoms with Crippen molar-refractivity contribution in [2.24, 2.45) is 0 Å². The first-order valence-corrected chi connectivity index (χ1v) is 8.47. The number of likely N-dealkylation sites (N-methyl/N-ethyl adjacent to an activating group) is 1. The number of nitrogens with one attached hydrogen (secondary N) is 2. The van der Waals surface area contributed by atoms with Gasteiger partial charge in [0.15, 0.2) is 5.11 Å². The zero-order chi connectivity index (χ0) is 18.2. The van der Waals surface area contributed by atoms with E-state index in [-0.39, 0.29) is 11.9 Å². The molecule has 2 aromatic carbocycles. The van der Waals surface area contributed by atoms with Crippen LogP contribution in [0.1, 0.15) is 17.2 Å². The third kappa shape index (κ3) is 5.99. The van der Waals surface area contributed by atoms with Gasteiger partial charge < -0.3 is 20.3 Å². The van der Waals surface area contributed by atoms with Gasteiger partial charge in [-0.25, -0.2) is 4.39 Å². The number of benzene rings is 2. The summed E-state index contributed by atoms with van der Waals surface area (Å²) in [5, 5.41) is 6.96. The lowest BCUT2D eigenvalue weighted by Gasteiger charge is -2.26. The van der Waals surface area contributed by atoms with Gasteiger partial charge in [0, 0.05) is 13.1 Å². The second kappa shape index (κ2) is 9.34. The van der Waals surface area contributed by atoms with E-state index in [0.717, 1.165) is 11.3 Å². The van der Waals surface area contributed by atoms with E-state index in [9.17, 15) is 4.39 Å². The van der Waals surface area contributed by atoms with E-state index in [1.165, 1.54) is 17.7 Å². The Morgan fingerprint density at radius 1 is 1.08 bits per heavy atom. The minimum atomic E-state index is -0.238. The molecular formula is C19H24FN3OS. The van der Waals surface area contributed by atoms with Crippen LogP contribution in [0.5, 0.6) is 5.75 Å². The van der Waals surface area contributed by atoms with Crippen LogP contribution in [0.15, 0.2) is 48.5 Å². The van der Waals surface area contributed by atoms with Crippen molar-refractivity contribution in [3.8, 4) is 5.75 Å². The van der Waals surface area contributed by atoms with Crippen LogP contribution in [-0.2, 0) is 6.54 Å². The topological polar surface area (TPSA) is 36.5 Å². The number of ether oxygens (including phenoxy) is 1. The quantitative estimate of drug-likeness (QED) is 0.741. The van der Waals surface area contributed by atoms with Gasteiger partial charge >= 0.3 is 0 Å². The molecule has 2 aromatic rings. The summed E-state index contributed by atoms with van der Waals surface area (Å²) in [6.07, 6.45) is 0. The fourth-order valence-electron chi connectivity index (χ4n) is 2.46. The number of halogens is 1. The number of methoxy groups -OCH3 is 1. The molecule has 0 heterocycles. The Morgan fingerprint density at radius 2 is 1.72 bits per heavy atom. The number of nitrogens with zero attached hydrogens (tertiary/aromatic N) is 1. The van der Waals surface area contributed by atoms with Crippen molar-refractivity contribution in [1.29, 1.82) is 0 Å². The van der Waals surface area contributed by atoms with Crippen molar-refractivity contribution >= 4 is 17.3 Å². The van der Waals surface area contributed by atoms with Crippen molar-refractivity contribution in [2.45, 2.75) is 12.6 Å². The monoisotopic (exact) mass is 361 g/mol. The lowest BCUT2D eigenvalue weighted by molar-refractivity contribution is 0.298. The first-order chi connectivity index (χ1) is 12.0. The van der Waals surface area contributed by atoms with Crippen molar-refractivity contribution in [1.82, 2.24) is 15.5 Å². The molecule has 25 heavy (non-hydrogen) atoms. The molecule has 0 aliphatic carbocycles. The lowest BCUT2D eigenvalue weighted by Crippen LogP contribution is -2.40. The average molecular weight is 361 g/mol. The minimum absolute atomic E-state index is 0.177. The summed E-state index contributed by atoms with van der Waals surface area (Å²) < 4.78 is 18.1. The van der Waals surface area contributed by atoms with E-state index in [1.54, 1.807) is 19.2 Å². The van der Waals surface area contributed by atoms with E-state index < -0.39 is 0 Å². The van der Waals surface area contributed by atoms with Crippen molar-refractivity contribution < 1.29 is 9.13 Å². The van der Waals surface area contributed by atoms with Gasteiger partial charge in [-0.05, 0) is 61.7 Å². The Labute approximate surface area is 154 Å². The van der Waals surface area contributed by atoms with Gasteiger partial charge in [0.2, 0.25) is 0 Å². The Morgan fingerprint density at radius 3 is 2.28 bits per heavy atom. The molecular weight excluding hydrogens is 337 g/mol. The highest BCUT2D eigenvalue weighted by Gasteiger charge is 2.14. The normalized spacial score (nSPS) is 11.9. The second-order valence-corrected chi connectivity index (χ2v) is 6.35. The van der Waals surface area contributed by atoms with Gasteiger partial charge in [0.25, 0.3) is 0 Å². The summed E-state index contributed by atoms with van der Waals surface area (Å²) in [5.41, 5.74) is 2.16. The molecule has 0 fully saturated rings. The van der Waals surface area contributed by atoms with Crippen LogP contribution in [0.3, 0.4) is 0 Å². The molecule has 0 radical (unpaired) electrons. The smallest absolute Gasteiger partial charge is 0.166 e. The molecule has 2 rings (SSSR count). The summed E-state index contributed by atoms with van der Waals surface area (Å²) in [4.78, 5) is 2.14. The SMILES string of the molecule is COc1ccc([C@@H](CNC(=S)NCc2ccc(F)cc2)N(C)C)cc1. The summed E-state index contributed by atoms with van der Waals surface area (Å²) in [5.74, 6) is 0.600. The Kier molecular flexibility index (Phi) is 7.16. The van der Waals surface area contributed by atoms with Gasteiger partial charge in [-0.15, -0.1) is 0 Å². The van der Waals surface area contributed by atoms with Gasteiger partial charge in [-0.3, -0.25) is 0 Å². The molecule has 0 aliphatic heterocycles. The minimum Gasteiger partial charge on any atom is -0.497 e. The molecule has 0 spiro atoms. The summed E-state index contributed by atoms with van der Waals surface area (Å²) >= 11 is 5.34.